The second-order valence-corrected chi connectivity index (χ2v) is 5.49. The topological polar surface area (TPSA) is 12.0 Å². The maximum atomic E-state index is 12.2. The molecule has 4 heteroatoms. The zero-order chi connectivity index (χ0) is 14.4. The second kappa shape index (κ2) is 7.29. The van der Waals surface area contributed by atoms with E-state index in [2.05, 4.69) is 36.5 Å². The lowest BCUT2D eigenvalue weighted by molar-refractivity contribution is 0.252. The Morgan fingerprint density at radius 3 is 2.10 bits per heavy atom. The minimum atomic E-state index is -2.37. The van der Waals surface area contributed by atoms with Crippen LogP contribution in [0.1, 0.15) is 18.1 Å². The molecule has 0 aliphatic rings. The molecule has 0 aliphatic carbocycles. The van der Waals surface area contributed by atoms with E-state index >= 15 is 0 Å². The third-order valence-electron chi connectivity index (χ3n) is 3.01. The van der Waals surface area contributed by atoms with Gasteiger partial charge in [0.1, 0.15) is 0 Å². The molecule has 0 fully saturated rings. The largest absolute Gasteiger partial charge is 0.381 e. The van der Waals surface area contributed by atoms with Crippen molar-refractivity contribution in [2.75, 3.05) is 5.32 Å². The Morgan fingerprint density at radius 1 is 0.950 bits per heavy atom. The highest BCUT2D eigenvalue weighted by Crippen LogP contribution is 2.26. The first kappa shape index (κ1) is 14.9. The monoisotopic (exact) mass is 293 g/mol. The molecule has 0 heterocycles. The van der Waals surface area contributed by atoms with Gasteiger partial charge in [-0.1, -0.05) is 43.0 Å². The number of thioether (sulfide) groups is 1. The highest BCUT2D eigenvalue weighted by Gasteiger charge is 2.04. The van der Waals surface area contributed by atoms with Crippen molar-refractivity contribution >= 4 is 17.4 Å². The SMILES string of the molecule is CCc1ccc(CNc2ccc(SC(F)F)cc2)cc1. The number of anilines is 1. The van der Waals surface area contributed by atoms with Crippen molar-refractivity contribution in [2.24, 2.45) is 0 Å². The van der Waals surface area contributed by atoms with Crippen molar-refractivity contribution in [3.63, 3.8) is 0 Å². The molecule has 1 nitrogen and oxygen atoms in total. The fourth-order valence-corrected chi connectivity index (χ4v) is 2.35. The van der Waals surface area contributed by atoms with Crippen molar-refractivity contribution < 1.29 is 8.78 Å². The minimum Gasteiger partial charge on any atom is -0.381 e. The molecule has 0 aliphatic heterocycles. The van der Waals surface area contributed by atoms with Crippen molar-refractivity contribution in [1.29, 1.82) is 0 Å². The summed E-state index contributed by atoms with van der Waals surface area (Å²) in [5.74, 6) is -2.37. The summed E-state index contributed by atoms with van der Waals surface area (Å²) >= 11 is 0.565. The highest BCUT2D eigenvalue weighted by molar-refractivity contribution is 7.99. The van der Waals surface area contributed by atoms with Gasteiger partial charge in [0, 0.05) is 17.1 Å². The molecule has 2 aromatic rings. The maximum Gasteiger partial charge on any atom is 0.288 e. The predicted molar refractivity (Wildman–Crippen MR) is 81.4 cm³/mol. The van der Waals surface area contributed by atoms with Gasteiger partial charge in [0.25, 0.3) is 5.76 Å². The number of rotatable bonds is 6. The van der Waals surface area contributed by atoms with Gasteiger partial charge in [-0.3, -0.25) is 0 Å². The Bertz CT molecular complexity index is 523. The molecular weight excluding hydrogens is 276 g/mol. The number of aryl methyl sites for hydroxylation is 1. The van der Waals surface area contributed by atoms with Gasteiger partial charge in [0.2, 0.25) is 0 Å². The lowest BCUT2D eigenvalue weighted by Crippen LogP contribution is -1.99. The average Bonchev–Trinajstić information content (AvgIpc) is 2.46. The van der Waals surface area contributed by atoms with E-state index in [1.165, 1.54) is 11.1 Å². The number of hydrogen-bond acceptors (Lipinski definition) is 2. The van der Waals surface area contributed by atoms with E-state index in [4.69, 9.17) is 0 Å². The molecule has 20 heavy (non-hydrogen) atoms. The average molecular weight is 293 g/mol. The molecule has 106 valence electrons. The smallest absolute Gasteiger partial charge is 0.288 e. The van der Waals surface area contributed by atoms with Gasteiger partial charge in [-0.2, -0.15) is 8.78 Å². The van der Waals surface area contributed by atoms with E-state index in [0.717, 1.165) is 18.7 Å². The van der Waals surface area contributed by atoms with Crippen LogP contribution in [0.2, 0.25) is 0 Å². The number of benzene rings is 2. The molecular formula is C16H17F2NS. The summed E-state index contributed by atoms with van der Waals surface area (Å²) in [6.07, 6.45) is 1.04. The molecule has 0 saturated heterocycles. The molecule has 0 bridgehead atoms. The van der Waals surface area contributed by atoms with Crippen LogP contribution < -0.4 is 5.32 Å². The molecule has 0 unspecified atom stereocenters. The van der Waals surface area contributed by atoms with Crippen LogP contribution in [-0.2, 0) is 13.0 Å². The molecule has 1 N–H and O–H groups in total. The first-order chi connectivity index (χ1) is 9.67. The fourth-order valence-electron chi connectivity index (χ4n) is 1.85. The van der Waals surface area contributed by atoms with Crippen LogP contribution in [0.3, 0.4) is 0 Å². The van der Waals surface area contributed by atoms with E-state index < -0.39 is 5.76 Å². The third-order valence-corrected chi connectivity index (χ3v) is 3.73. The standard InChI is InChI=1S/C16H17F2NS/c1-2-12-3-5-13(6-4-12)11-19-14-7-9-15(10-8-14)20-16(17)18/h3-10,16,19H,2,11H2,1H3. The Kier molecular flexibility index (Phi) is 5.41. The number of alkyl halides is 2. The van der Waals surface area contributed by atoms with Crippen molar-refractivity contribution in [1.82, 2.24) is 0 Å². The summed E-state index contributed by atoms with van der Waals surface area (Å²) in [6, 6.07) is 15.5. The third kappa shape index (κ3) is 4.53. The summed E-state index contributed by atoms with van der Waals surface area (Å²) in [5, 5.41) is 3.28. The second-order valence-electron chi connectivity index (χ2n) is 4.43. The number of nitrogens with one attached hydrogen (secondary N) is 1. The molecule has 0 saturated carbocycles. The van der Waals surface area contributed by atoms with E-state index in [-0.39, 0.29) is 0 Å². The fraction of sp³-hybridized carbons (Fsp3) is 0.250. The van der Waals surface area contributed by atoms with Crippen LogP contribution in [0, 0.1) is 0 Å². The minimum absolute atomic E-state index is 0.565. The van der Waals surface area contributed by atoms with Gasteiger partial charge in [-0.15, -0.1) is 0 Å². The molecule has 0 amide bonds. The Morgan fingerprint density at radius 2 is 1.55 bits per heavy atom. The maximum absolute atomic E-state index is 12.2. The summed E-state index contributed by atoms with van der Waals surface area (Å²) < 4.78 is 24.4. The normalized spacial score (nSPS) is 10.8. The number of hydrogen-bond donors (Lipinski definition) is 1. The van der Waals surface area contributed by atoms with Crippen LogP contribution >= 0.6 is 11.8 Å². The van der Waals surface area contributed by atoms with Gasteiger partial charge in [0.05, 0.1) is 0 Å². The van der Waals surface area contributed by atoms with Crippen molar-refractivity contribution in [3.8, 4) is 0 Å². The van der Waals surface area contributed by atoms with Gasteiger partial charge in [0.15, 0.2) is 0 Å². The van der Waals surface area contributed by atoms with E-state index in [9.17, 15) is 8.78 Å². The summed E-state index contributed by atoms with van der Waals surface area (Å²) in [4.78, 5) is 0.581. The van der Waals surface area contributed by atoms with Crippen LogP contribution in [0.25, 0.3) is 0 Å². The molecule has 0 aromatic heterocycles. The molecule has 2 rings (SSSR count). The Labute approximate surface area is 122 Å². The van der Waals surface area contributed by atoms with Gasteiger partial charge < -0.3 is 5.32 Å². The van der Waals surface area contributed by atoms with E-state index in [1.54, 1.807) is 12.1 Å². The highest BCUT2D eigenvalue weighted by atomic mass is 32.2. The first-order valence-electron chi connectivity index (χ1n) is 6.54. The Balaban J connectivity index is 1.89. The summed E-state index contributed by atoms with van der Waals surface area (Å²) in [6.45, 7) is 2.86. The molecule has 2 aromatic carbocycles. The number of halogens is 2. The van der Waals surface area contributed by atoms with E-state index in [1.807, 2.05) is 12.1 Å². The zero-order valence-corrected chi connectivity index (χ0v) is 12.1. The molecule has 0 spiro atoms. The van der Waals surface area contributed by atoms with Crippen molar-refractivity contribution in [3.05, 3.63) is 59.7 Å². The summed E-state index contributed by atoms with van der Waals surface area (Å²) in [5.41, 5.74) is 3.46. The van der Waals surface area contributed by atoms with Crippen LogP contribution in [0.5, 0.6) is 0 Å². The summed E-state index contributed by atoms with van der Waals surface area (Å²) in [7, 11) is 0. The molecule has 0 radical (unpaired) electrons. The quantitative estimate of drug-likeness (QED) is 0.737. The predicted octanol–water partition coefficient (Wildman–Crippen LogP) is 5.18. The zero-order valence-electron chi connectivity index (χ0n) is 11.3. The van der Waals surface area contributed by atoms with Crippen LogP contribution in [-0.4, -0.2) is 5.76 Å². The first-order valence-corrected chi connectivity index (χ1v) is 7.42. The van der Waals surface area contributed by atoms with Crippen LogP contribution in [0.15, 0.2) is 53.4 Å². The van der Waals surface area contributed by atoms with Gasteiger partial charge in [-0.25, -0.2) is 0 Å². The lowest BCUT2D eigenvalue weighted by Gasteiger charge is -2.08. The van der Waals surface area contributed by atoms with E-state index in [0.29, 0.717) is 16.7 Å². The van der Waals surface area contributed by atoms with Gasteiger partial charge in [-0.05, 0) is 41.8 Å². The van der Waals surface area contributed by atoms with Crippen molar-refractivity contribution in [2.45, 2.75) is 30.5 Å². The van der Waals surface area contributed by atoms with Gasteiger partial charge >= 0.3 is 0 Å². The lowest BCUT2D eigenvalue weighted by atomic mass is 10.1. The molecule has 0 atom stereocenters. The van der Waals surface area contributed by atoms with Crippen LogP contribution in [0.4, 0.5) is 14.5 Å². The Hall–Kier alpha value is -1.55.